The zero-order valence-electron chi connectivity index (χ0n) is 15.9. The standard InChI is InChI=1S/C20H35Cl3S2/c1-3-5-7-9-11-13-15-24-19(17-18(21)20(22)23)25-16-14-12-10-8-6-4-2/h17H,3-16H2,1-2H3. The van der Waals surface area contributed by atoms with Crippen molar-refractivity contribution in [1.29, 1.82) is 0 Å². The Bertz CT molecular complexity index is 344. The van der Waals surface area contributed by atoms with Gasteiger partial charge in [-0.05, 0) is 30.4 Å². The second-order valence-corrected chi connectivity index (χ2v) is 10.2. The van der Waals surface area contributed by atoms with E-state index >= 15 is 0 Å². The molecule has 0 atom stereocenters. The largest absolute Gasteiger partial charge is 0.125 e. The molecule has 0 spiro atoms. The number of rotatable bonds is 17. The van der Waals surface area contributed by atoms with Crippen LogP contribution in [0.25, 0.3) is 0 Å². The van der Waals surface area contributed by atoms with Crippen LogP contribution in [0.3, 0.4) is 0 Å². The fourth-order valence-electron chi connectivity index (χ4n) is 2.39. The van der Waals surface area contributed by atoms with Gasteiger partial charge in [0.15, 0.2) is 0 Å². The molecule has 0 amide bonds. The van der Waals surface area contributed by atoms with Crippen LogP contribution in [-0.2, 0) is 0 Å². The molecule has 0 unspecified atom stereocenters. The third-order valence-corrected chi connectivity index (χ3v) is 7.31. The molecule has 0 aromatic carbocycles. The van der Waals surface area contributed by atoms with Gasteiger partial charge in [0.25, 0.3) is 0 Å². The maximum absolute atomic E-state index is 6.12. The van der Waals surface area contributed by atoms with Crippen molar-refractivity contribution < 1.29 is 0 Å². The molecule has 0 bridgehead atoms. The van der Waals surface area contributed by atoms with Gasteiger partial charge in [0, 0.05) is 4.24 Å². The van der Waals surface area contributed by atoms with Gasteiger partial charge in [-0.2, -0.15) is 0 Å². The van der Waals surface area contributed by atoms with E-state index in [9.17, 15) is 0 Å². The van der Waals surface area contributed by atoms with Crippen LogP contribution in [0.1, 0.15) is 90.9 Å². The van der Waals surface area contributed by atoms with E-state index in [1.165, 1.54) is 81.3 Å². The molecule has 5 heteroatoms. The summed E-state index contributed by atoms with van der Waals surface area (Å²) in [5, 5.41) is 0.448. The summed E-state index contributed by atoms with van der Waals surface area (Å²) in [6.45, 7) is 4.51. The highest BCUT2D eigenvalue weighted by atomic mass is 35.5. The fourth-order valence-corrected chi connectivity index (χ4v) is 5.08. The van der Waals surface area contributed by atoms with E-state index in [-0.39, 0.29) is 4.49 Å². The van der Waals surface area contributed by atoms with Crippen molar-refractivity contribution in [3.05, 3.63) is 19.8 Å². The molecule has 0 nitrogen and oxygen atoms in total. The van der Waals surface area contributed by atoms with Gasteiger partial charge in [0.05, 0.1) is 5.03 Å². The molecule has 25 heavy (non-hydrogen) atoms. The van der Waals surface area contributed by atoms with Gasteiger partial charge in [-0.1, -0.05) is 113 Å². The Labute approximate surface area is 179 Å². The van der Waals surface area contributed by atoms with E-state index in [1.807, 2.05) is 29.6 Å². The number of hydrogen-bond acceptors (Lipinski definition) is 2. The van der Waals surface area contributed by atoms with Crippen LogP contribution in [0.5, 0.6) is 0 Å². The average molecular weight is 446 g/mol. The Hall–Kier alpha value is 1.05. The summed E-state index contributed by atoms with van der Waals surface area (Å²) < 4.78 is 1.39. The number of unbranched alkanes of at least 4 members (excludes halogenated alkanes) is 10. The second-order valence-electron chi connectivity index (χ2n) is 6.30. The van der Waals surface area contributed by atoms with Crippen LogP contribution >= 0.6 is 58.3 Å². The minimum absolute atomic E-state index is 0.152. The SMILES string of the molecule is CCCCCCCCSC(=CC(Cl)=C(Cl)Cl)SCCCCCCCC. The van der Waals surface area contributed by atoms with Crippen LogP contribution < -0.4 is 0 Å². The van der Waals surface area contributed by atoms with Crippen molar-refractivity contribution in [2.45, 2.75) is 90.9 Å². The predicted octanol–water partition coefficient (Wildman–Crippen LogP) is 9.90. The van der Waals surface area contributed by atoms with Crippen molar-refractivity contribution in [3.8, 4) is 0 Å². The van der Waals surface area contributed by atoms with Crippen molar-refractivity contribution in [3.63, 3.8) is 0 Å². The molecule has 0 rings (SSSR count). The highest BCUT2D eigenvalue weighted by Crippen LogP contribution is 2.34. The Balaban J connectivity index is 4.06. The summed E-state index contributed by atoms with van der Waals surface area (Å²) >= 11 is 21.5. The van der Waals surface area contributed by atoms with Crippen molar-refractivity contribution >= 4 is 58.3 Å². The first-order valence-electron chi connectivity index (χ1n) is 9.79. The molecule has 0 aliphatic rings. The monoisotopic (exact) mass is 444 g/mol. The van der Waals surface area contributed by atoms with Crippen molar-refractivity contribution in [2.75, 3.05) is 11.5 Å². The maximum Gasteiger partial charge on any atom is 0.125 e. The summed E-state index contributed by atoms with van der Waals surface area (Å²) in [7, 11) is 0. The van der Waals surface area contributed by atoms with Crippen molar-refractivity contribution in [2.24, 2.45) is 0 Å². The third kappa shape index (κ3) is 18.2. The van der Waals surface area contributed by atoms with E-state index < -0.39 is 0 Å². The molecule has 148 valence electrons. The molecule has 0 N–H and O–H groups in total. The van der Waals surface area contributed by atoms with Crippen LogP contribution in [0.2, 0.25) is 0 Å². The van der Waals surface area contributed by atoms with Crippen LogP contribution in [0.15, 0.2) is 19.8 Å². The summed E-state index contributed by atoms with van der Waals surface area (Å²) in [5.41, 5.74) is 0. The molecule has 0 saturated heterocycles. The first-order valence-corrected chi connectivity index (χ1v) is 12.9. The van der Waals surface area contributed by atoms with Gasteiger partial charge in [-0.15, -0.1) is 23.5 Å². The lowest BCUT2D eigenvalue weighted by molar-refractivity contribution is 0.627. The minimum atomic E-state index is 0.152. The molecule has 0 saturated carbocycles. The fraction of sp³-hybridized carbons (Fsp3) is 0.800. The second kappa shape index (κ2) is 19.8. The molecule has 0 fully saturated rings. The van der Waals surface area contributed by atoms with E-state index in [0.29, 0.717) is 5.03 Å². The van der Waals surface area contributed by atoms with Crippen LogP contribution in [0, 0.1) is 0 Å². The zero-order chi connectivity index (χ0) is 18.8. The summed E-state index contributed by atoms with van der Waals surface area (Å²) in [4.78, 5) is 0. The lowest BCUT2D eigenvalue weighted by Gasteiger charge is -2.08. The van der Waals surface area contributed by atoms with Gasteiger partial charge in [0.2, 0.25) is 0 Å². The normalized spacial score (nSPS) is 10.8. The molecule has 0 radical (unpaired) electrons. The molecule has 0 aromatic heterocycles. The Morgan fingerprint density at radius 3 is 1.44 bits per heavy atom. The summed E-state index contributed by atoms with van der Waals surface area (Å²) in [6, 6.07) is 0. The van der Waals surface area contributed by atoms with Crippen molar-refractivity contribution in [1.82, 2.24) is 0 Å². The average Bonchev–Trinajstić information content (AvgIpc) is 2.59. The molecule has 0 aliphatic carbocycles. The predicted molar refractivity (Wildman–Crippen MR) is 124 cm³/mol. The van der Waals surface area contributed by atoms with Gasteiger partial charge >= 0.3 is 0 Å². The number of thioether (sulfide) groups is 2. The molecule has 0 aliphatic heterocycles. The van der Waals surface area contributed by atoms with E-state index in [0.717, 1.165) is 11.5 Å². The van der Waals surface area contributed by atoms with Gasteiger partial charge in [-0.3, -0.25) is 0 Å². The zero-order valence-corrected chi connectivity index (χ0v) is 19.8. The smallest absolute Gasteiger partial charge is 0.119 e. The molecular formula is C20H35Cl3S2. The Morgan fingerprint density at radius 1 is 0.640 bits per heavy atom. The number of allylic oxidation sites excluding steroid dienone is 2. The first-order chi connectivity index (χ1) is 12.1. The van der Waals surface area contributed by atoms with E-state index in [1.54, 1.807) is 0 Å². The number of halogens is 3. The summed E-state index contributed by atoms with van der Waals surface area (Å²) in [6.07, 6.45) is 17.9. The minimum Gasteiger partial charge on any atom is -0.119 e. The lowest BCUT2D eigenvalue weighted by Crippen LogP contribution is -1.86. The van der Waals surface area contributed by atoms with Gasteiger partial charge in [-0.25, -0.2) is 0 Å². The molecule has 0 heterocycles. The van der Waals surface area contributed by atoms with Crippen LogP contribution in [0.4, 0.5) is 0 Å². The van der Waals surface area contributed by atoms with Gasteiger partial charge in [0.1, 0.15) is 4.49 Å². The topological polar surface area (TPSA) is 0 Å². The van der Waals surface area contributed by atoms with Gasteiger partial charge < -0.3 is 0 Å². The molecule has 0 aromatic rings. The Kier molecular flexibility index (Phi) is 20.6. The number of hydrogen-bond donors (Lipinski definition) is 0. The van der Waals surface area contributed by atoms with E-state index in [2.05, 4.69) is 13.8 Å². The highest BCUT2D eigenvalue weighted by molar-refractivity contribution is 8.22. The Morgan fingerprint density at radius 2 is 1.04 bits per heavy atom. The van der Waals surface area contributed by atoms with E-state index in [4.69, 9.17) is 34.8 Å². The van der Waals surface area contributed by atoms with Crippen LogP contribution in [-0.4, -0.2) is 11.5 Å². The highest BCUT2D eigenvalue weighted by Gasteiger charge is 2.04. The lowest BCUT2D eigenvalue weighted by atomic mass is 10.1. The summed E-state index contributed by atoms with van der Waals surface area (Å²) in [5.74, 6) is 2.29. The maximum atomic E-state index is 6.12. The molecular weight excluding hydrogens is 411 g/mol. The first kappa shape index (κ1) is 26.1. The third-order valence-electron chi connectivity index (χ3n) is 3.91. The quantitative estimate of drug-likeness (QED) is 0.161.